The first kappa shape index (κ1) is 15.9. The van der Waals surface area contributed by atoms with Gasteiger partial charge in [-0.3, -0.25) is 9.48 Å². The Bertz CT molecular complexity index is 951. The third kappa shape index (κ3) is 2.44. The number of carbonyl (C=O) groups is 1. The van der Waals surface area contributed by atoms with Crippen LogP contribution in [0.15, 0.2) is 29.0 Å². The number of fused-ring (bicyclic) bond motifs is 2. The predicted molar refractivity (Wildman–Crippen MR) is 95.4 cm³/mol. The van der Waals surface area contributed by atoms with Gasteiger partial charge in [-0.1, -0.05) is 0 Å². The molecule has 2 aliphatic heterocycles. The van der Waals surface area contributed by atoms with Gasteiger partial charge in [0.1, 0.15) is 23.0 Å². The standard InChI is InChI=1S/C18H19N3O4S/c1-20-10-13-16(19-20)11(22)9-18(25-13)3-5-21(6-4-18)17(23)15-8-12-14(26-15)2-7-24-12/h2,7-8,10-11,22H,3-6,9H2,1H3. The molecule has 0 bridgehead atoms. The Labute approximate surface area is 153 Å². The highest BCUT2D eigenvalue weighted by Crippen LogP contribution is 2.43. The number of thiophene rings is 1. The molecular formula is C18H19N3O4S. The van der Waals surface area contributed by atoms with Crippen molar-refractivity contribution in [3.8, 4) is 5.75 Å². The number of carbonyl (C=O) groups excluding carboxylic acids is 1. The van der Waals surface area contributed by atoms with Crippen molar-refractivity contribution in [2.75, 3.05) is 13.1 Å². The molecule has 1 fully saturated rings. The Balaban J connectivity index is 1.31. The number of piperidine rings is 1. The van der Waals surface area contributed by atoms with Gasteiger partial charge >= 0.3 is 0 Å². The van der Waals surface area contributed by atoms with Crippen molar-refractivity contribution in [1.82, 2.24) is 14.7 Å². The summed E-state index contributed by atoms with van der Waals surface area (Å²) in [5.41, 5.74) is 0.947. The van der Waals surface area contributed by atoms with E-state index in [1.54, 1.807) is 17.1 Å². The van der Waals surface area contributed by atoms with E-state index in [9.17, 15) is 9.90 Å². The SMILES string of the molecule is Cn1cc2c(n1)C(O)CC1(CCN(C(=O)c3cc4occc4s3)CC1)O2. The Morgan fingerprint density at radius 1 is 1.42 bits per heavy atom. The molecule has 136 valence electrons. The molecule has 2 aliphatic rings. The van der Waals surface area contributed by atoms with Crippen molar-refractivity contribution in [2.45, 2.75) is 31.0 Å². The second-order valence-corrected chi connectivity index (χ2v) is 8.19. The quantitative estimate of drug-likeness (QED) is 0.709. The molecule has 0 saturated carbocycles. The molecule has 3 aromatic heterocycles. The Kier molecular flexibility index (Phi) is 3.42. The number of rotatable bonds is 1. The van der Waals surface area contributed by atoms with Gasteiger partial charge in [0.15, 0.2) is 5.75 Å². The number of furan rings is 1. The average Bonchev–Trinajstić information content (AvgIpc) is 3.28. The number of likely N-dealkylation sites (tertiary alicyclic amines) is 1. The predicted octanol–water partition coefficient (Wildman–Crippen LogP) is 2.72. The third-order valence-corrected chi connectivity index (χ3v) is 6.41. The molecule has 5 heterocycles. The minimum absolute atomic E-state index is 0.0367. The second kappa shape index (κ2) is 5.59. The summed E-state index contributed by atoms with van der Waals surface area (Å²) in [5, 5.41) is 14.7. The van der Waals surface area contributed by atoms with Crippen LogP contribution in [0.4, 0.5) is 0 Å². The molecule has 1 spiro atoms. The maximum absolute atomic E-state index is 12.8. The van der Waals surface area contributed by atoms with Crippen LogP contribution in [0, 0.1) is 0 Å². The zero-order chi connectivity index (χ0) is 17.9. The molecule has 5 rings (SSSR count). The summed E-state index contributed by atoms with van der Waals surface area (Å²) < 4.78 is 14.2. The molecule has 0 aliphatic carbocycles. The molecule has 1 amide bonds. The molecule has 0 aromatic carbocycles. The number of aliphatic hydroxyl groups is 1. The van der Waals surface area contributed by atoms with Crippen LogP contribution in [0.5, 0.6) is 5.75 Å². The maximum atomic E-state index is 12.8. The number of hydrogen-bond donors (Lipinski definition) is 1. The van der Waals surface area contributed by atoms with Crippen LogP contribution in [0.25, 0.3) is 10.3 Å². The molecule has 1 unspecified atom stereocenters. The van der Waals surface area contributed by atoms with Crippen LogP contribution in [0.3, 0.4) is 0 Å². The maximum Gasteiger partial charge on any atom is 0.264 e. The smallest absolute Gasteiger partial charge is 0.264 e. The highest BCUT2D eigenvalue weighted by atomic mass is 32.1. The lowest BCUT2D eigenvalue weighted by molar-refractivity contribution is -0.0503. The lowest BCUT2D eigenvalue weighted by atomic mass is 9.83. The van der Waals surface area contributed by atoms with E-state index in [0.717, 1.165) is 10.3 Å². The van der Waals surface area contributed by atoms with Gasteiger partial charge in [-0.2, -0.15) is 5.10 Å². The van der Waals surface area contributed by atoms with Crippen molar-refractivity contribution in [2.24, 2.45) is 7.05 Å². The van der Waals surface area contributed by atoms with Gasteiger partial charge in [0.05, 0.1) is 22.0 Å². The van der Waals surface area contributed by atoms with E-state index >= 15 is 0 Å². The monoisotopic (exact) mass is 373 g/mol. The normalized spacial score (nSPS) is 21.8. The van der Waals surface area contributed by atoms with E-state index in [-0.39, 0.29) is 5.91 Å². The van der Waals surface area contributed by atoms with E-state index < -0.39 is 11.7 Å². The van der Waals surface area contributed by atoms with Crippen molar-refractivity contribution in [1.29, 1.82) is 0 Å². The van der Waals surface area contributed by atoms with Crippen molar-refractivity contribution in [3.63, 3.8) is 0 Å². The highest BCUT2D eigenvalue weighted by Gasteiger charge is 2.45. The Morgan fingerprint density at radius 3 is 3.00 bits per heavy atom. The van der Waals surface area contributed by atoms with Crippen LogP contribution in [0.1, 0.15) is 40.7 Å². The van der Waals surface area contributed by atoms with Crippen LogP contribution in [0.2, 0.25) is 0 Å². The summed E-state index contributed by atoms with van der Waals surface area (Å²) in [7, 11) is 1.82. The largest absolute Gasteiger partial charge is 0.483 e. The van der Waals surface area contributed by atoms with Gasteiger partial charge in [-0.25, -0.2) is 0 Å². The zero-order valence-electron chi connectivity index (χ0n) is 14.3. The molecule has 1 atom stereocenters. The highest BCUT2D eigenvalue weighted by molar-refractivity contribution is 7.20. The number of aryl methyl sites for hydroxylation is 1. The molecule has 26 heavy (non-hydrogen) atoms. The minimum Gasteiger partial charge on any atom is -0.483 e. The van der Waals surface area contributed by atoms with Crippen molar-refractivity contribution >= 4 is 27.5 Å². The van der Waals surface area contributed by atoms with Crippen LogP contribution in [-0.4, -0.2) is 44.4 Å². The summed E-state index contributed by atoms with van der Waals surface area (Å²) in [6, 6.07) is 3.69. The van der Waals surface area contributed by atoms with Gasteiger partial charge in [0.2, 0.25) is 0 Å². The molecule has 1 saturated heterocycles. The first-order valence-electron chi connectivity index (χ1n) is 8.70. The van der Waals surface area contributed by atoms with Gasteiger partial charge < -0.3 is 19.2 Å². The van der Waals surface area contributed by atoms with Crippen molar-refractivity contribution in [3.05, 3.63) is 35.2 Å². The topological polar surface area (TPSA) is 80.7 Å². The van der Waals surface area contributed by atoms with E-state index in [2.05, 4.69) is 5.10 Å². The molecular weight excluding hydrogens is 354 g/mol. The fraction of sp³-hybridized carbons (Fsp3) is 0.444. The fourth-order valence-electron chi connectivity index (χ4n) is 3.97. The number of nitrogens with zero attached hydrogens (tertiary/aromatic N) is 3. The van der Waals surface area contributed by atoms with E-state index in [1.807, 2.05) is 24.1 Å². The first-order valence-corrected chi connectivity index (χ1v) is 9.52. The molecule has 8 heteroatoms. The van der Waals surface area contributed by atoms with Gasteiger partial charge in [-0.05, 0) is 6.07 Å². The van der Waals surface area contributed by atoms with Crippen molar-refractivity contribution < 1.29 is 19.1 Å². The number of aromatic nitrogens is 2. The van der Waals surface area contributed by atoms with Crippen LogP contribution >= 0.6 is 11.3 Å². The summed E-state index contributed by atoms with van der Waals surface area (Å²) in [6.45, 7) is 1.22. The summed E-state index contributed by atoms with van der Waals surface area (Å²) in [5.74, 6) is 0.694. The number of amides is 1. The van der Waals surface area contributed by atoms with E-state index in [0.29, 0.717) is 48.7 Å². The molecule has 7 nitrogen and oxygen atoms in total. The number of aliphatic hydroxyl groups excluding tert-OH is 1. The molecule has 3 aromatic rings. The number of ether oxygens (including phenoxy) is 1. The first-order chi connectivity index (χ1) is 12.5. The minimum atomic E-state index is -0.619. The Hall–Kier alpha value is -2.32. The Morgan fingerprint density at radius 2 is 2.23 bits per heavy atom. The zero-order valence-corrected chi connectivity index (χ0v) is 15.2. The fourth-order valence-corrected chi connectivity index (χ4v) is 4.92. The lowest BCUT2D eigenvalue weighted by Gasteiger charge is -2.44. The summed E-state index contributed by atoms with van der Waals surface area (Å²) >= 11 is 1.46. The number of hydrogen-bond acceptors (Lipinski definition) is 6. The second-order valence-electron chi connectivity index (χ2n) is 7.11. The van der Waals surface area contributed by atoms with Gasteiger partial charge in [0.25, 0.3) is 5.91 Å². The van der Waals surface area contributed by atoms with Gasteiger partial charge in [-0.15, -0.1) is 11.3 Å². The third-order valence-electron chi connectivity index (χ3n) is 5.34. The van der Waals surface area contributed by atoms with Gasteiger partial charge in [0, 0.05) is 45.5 Å². The summed E-state index contributed by atoms with van der Waals surface area (Å²) in [4.78, 5) is 15.4. The molecule has 0 radical (unpaired) electrons. The summed E-state index contributed by atoms with van der Waals surface area (Å²) in [6.07, 6.45) is 4.74. The lowest BCUT2D eigenvalue weighted by Crippen LogP contribution is -2.51. The average molecular weight is 373 g/mol. The van der Waals surface area contributed by atoms with E-state index in [4.69, 9.17) is 9.15 Å². The van der Waals surface area contributed by atoms with Crippen LogP contribution < -0.4 is 4.74 Å². The van der Waals surface area contributed by atoms with Crippen LogP contribution in [-0.2, 0) is 7.05 Å². The molecule has 1 N–H and O–H groups in total. The van der Waals surface area contributed by atoms with E-state index in [1.165, 1.54) is 11.3 Å².